The minimum Gasteiger partial charge on any atom is -0.462 e. The smallest absolute Gasteiger partial charge is 0.333 e. The van der Waals surface area contributed by atoms with E-state index in [4.69, 9.17) is 4.74 Å². The minimum absolute atomic E-state index is 0.118. The third kappa shape index (κ3) is 7.91. The Morgan fingerprint density at radius 1 is 1.31 bits per heavy atom. The molecule has 2 nitrogen and oxygen atoms in total. The molecule has 0 aromatic heterocycles. The Morgan fingerprint density at radius 2 is 1.94 bits per heavy atom. The molecule has 0 saturated carbocycles. The molecule has 16 heavy (non-hydrogen) atoms. The highest BCUT2D eigenvalue weighted by atomic mass is 19.1. The van der Waals surface area contributed by atoms with Gasteiger partial charge in [0, 0.05) is 12.0 Å². The van der Waals surface area contributed by atoms with Crippen LogP contribution in [0.1, 0.15) is 26.7 Å². The highest BCUT2D eigenvalue weighted by molar-refractivity contribution is 5.86. The van der Waals surface area contributed by atoms with Crippen LogP contribution in [0.3, 0.4) is 0 Å². The van der Waals surface area contributed by atoms with Crippen molar-refractivity contribution in [2.75, 3.05) is 6.61 Å². The number of ether oxygens (including phenoxy) is 1. The van der Waals surface area contributed by atoms with Gasteiger partial charge in [0.05, 0.1) is 12.4 Å². The van der Waals surface area contributed by atoms with Gasteiger partial charge in [-0.3, -0.25) is 0 Å². The first-order valence-electron chi connectivity index (χ1n) is 4.94. The van der Waals surface area contributed by atoms with Crippen LogP contribution in [-0.4, -0.2) is 12.6 Å². The zero-order valence-corrected chi connectivity index (χ0v) is 9.56. The molecule has 0 heterocycles. The van der Waals surface area contributed by atoms with Crippen LogP contribution < -0.4 is 0 Å². The summed E-state index contributed by atoms with van der Waals surface area (Å²) in [5.41, 5.74) is 0.312. The van der Waals surface area contributed by atoms with Gasteiger partial charge in [-0.2, -0.15) is 0 Å². The SMILES string of the molecule is C=C(C)C(=O)OCCC/C(F)=C/C=C(/C)F. The standard InChI is InChI=1S/C12H16F2O2/c1-9(2)12(15)16-8-4-5-11(14)7-6-10(3)13/h6-7H,1,4-5,8H2,2-3H3/b10-6-,11-7-. The molecule has 0 amide bonds. The van der Waals surface area contributed by atoms with Gasteiger partial charge in [0.2, 0.25) is 0 Å². The Balaban J connectivity index is 3.75. The van der Waals surface area contributed by atoms with Crippen LogP contribution in [-0.2, 0) is 9.53 Å². The first-order valence-corrected chi connectivity index (χ1v) is 4.94. The van der Waals surface area contributed by atoms with Crippen LogP contribution >= 0.6 is 0 Å². The lowest BCUT2D eigenvalue weighted by atomic mass is 10.2. The molecule has 4 heteroatoms. The fourth-order valence-electron chi connectivity index (χ4n) is 0.818. The van der Waals surface area contributed by atoms with Crippen molar-refractivity contribution in [3.8, 4) is 0 Å². The summed E-state index contributed by atoms with van der Waals surface area (Å²) in [5.74, 6) is -1.38. The van der Waals surface area contributed by atoms with Crippen LogP contribution in [0.5, 0.6) is 0 Å². The van der Waals surface area contributed by atoms with E-state index < -0.39 is 17.6 Å². The van der Waals surface area contributed by atoms with E-state index in [0.717, 1.165) is 12.2 Å². The number of hydrogen-bond acceptors (Lipinski definition) is 2. The van der Waals surface area contributed by atoms with Crippen molar-refractivity contribution >= 4 is 5.97 Å². The zero-order valence-electron chi connectivity index (χ0n) is 9.56. The third-order valence-electron chi connectivity index (χ3n) is 1.64. The van der Waals surface area contributed by atoms with Gasteiger partial charge in [-0.25, -0.2) is 13.6 Å². The van der Waals surface area contributed by atoms with E-state index >= 15 is 0 Å². The summed E-state index contributed by atoms with van der Waals surface area (Å²) in [4.78, 5) is 10.9. The minimum atomic E-state index is -0.483. The van der Waals surface area contributed by atoms with E-state index in [0.29, 0.717) is 12.0 Å². The van der Waals surface area contributed by atoms with Gasteiger partial charge in [0.1, 0.15) is 5.83 Å². The van der Waals surface area contributed by atoms with E-state index in [2.05, 4.69) is 6.58 Å². The average molecular weight is 230 g/mol. The maximum absolute atomic E-state index is 12.9. The van der Waals surface area contributed by atoms with Crippen molar-refractivity contribution in [3.05, 3.63) is 36.0 Å². The molecule has 0 bridgehead atoms. The van der Waals surface area contributed by atoms with Crippen molar-refractivity contribution in [1.82, 2.24) is 0 Å². The lowest BCUT2D eigenvalue weighted by Crippen LogP contribution is -2.06. The van der Waals surface area contributed by atoms with E-state index in [1.165, 1.54) is 13.8 Å². The maximum Gasteiger partial charge on any atom is 0.333 e. The Bertz CT molecular complexity index is 313. The third-order valence-corrected chi connectivity index (χ3v) is 1.64. The van der Waals surface area contributed by atoms with E-state index in [-0.39, 0.29) is 13.0 Å². The van der Waals surface area contributed by atoms with Crippen LogP contribution in [0.2, 0.25) is 0 Å². The number of carbonyl (C=O) groups is 1. The lowest BCUT2D eigenvalue weighted by Gasteiger charge is -2.02. The molecule has 0 aromatic carbocycles. The van der Waals surface area contributed by atoms with Gasteiger partial charge in [0.25, 0.3) is 0 Å². The molecule has 0 radical (unpaired) electrons. The van der Waals surface area contributed by atoms with E-state index in [1.54, 1.807) is 0 Å². The van der Waals surface area contributed by atoms with Crippen LogP contribution in [0, 0.1) is 0 Å². The molecule has 0 saturated heterocycles. The summed E-state index contributed by atoms with van der Waals surface area (Å²) in [6.45, 7) is 6.31. The van der Waals surface area contributed by atoms with E-state index in [9.17, 15) is 13.6 Å². The number of carbonyl (C=O) groups excluding carboxylic acids is 1. The van der Waals surface area contributed by atoms with Crippen molar-refractivity contribution in [1.29, 1.82) is 0 Å². The number of halogens is 2. The highest BCUT2D eigenvalue weighted by Crippen LogP contribution is 2.08. The second-order valence-electron chi connectivity index (χ2n) is 3.39. The predicted octanol–water partition coefficient (Wildman–Crippen LogP) is 3.61. The molecule has 0 N–H and O–H groups in total. The van der Waals surface area contributed by atoms with Gasteiger partial charge >= 0.3 is 5.97 Å². The number of allylic oxidation sites excluding steroid dienone is 4. The molecule has 0 atom stereocenters. The number of rotatable bonds is 6. The highest BCUT2D eigenvalue weighted by Gasteiger charge is 2.02. The summed E-state index contributed by atoms with van der Waals surface area (Å²) < 4.78 is 29.9. The van der Waals surface area contributed by atoms with Gasteiger partial charge in [0.15, 0.2) is 0 Å². The Labute approximate surface area is 94.3 Å². The first kappa shape index (κ1) is 14.6. The summed E-state index contributed by atoms with van der Waals surface area (Å²) in [7, 11) is 0. The summed E-state index contributed by atoms with van der Waals surface area (Å²) in [5, 5.41) is 0. The van der Waals surface area contributed by atoms with Crippen molar-refractivity contribution in [3.63, 3.8) is 0 Å². The topological polar surface area (TPSA) is 26.3 Å². The van der Waals surface area contributed by atoms with Crippen molar-refractivity contribution in [2.24, 2.45) is 0 Å². The summed E-state index contributed by atoms with van der Waals surface area (Å²) in [6.07, 6.45) is 2.60. The van der Waals surface area contributed by atoms with E-state index in [1.807, 2.05) is 0 Å². The second kappa shape index (κ2) is 7.79. The largest absolute Gasteiger partial charge is 0.462 e. The summed E-state index contributed by atoms with van der Waals surface area (Å²) in [6, 6.07) is 0. The molecular weight excluding hydrogens is 214 g/mol. The normalized spacial score (nSPS) is 12.5. The van der Waals surface area contributed by atoms with Crippen molar-refractivity contribution in [2.45, 2.75) is 26.7 Å². The van der Waals surface area contributed by atoms with Gasteiger partial charge in [-0.1, -0.05) is 6.58 Å². The molecular formula is C12H16F2O2. The van der Waals surface area contributed by atoms with Gasteiger partial charge < -0.3 is 4.74 Å². The summed E-state index contributed by atoms with van der Waals surface area (Å²) >= 11 is 0. The fraction of sp³-hybridized carbons (Fsp3) is 0.417. The average Bonchev–Trinajstić information content (AvgIpc) is 2.20. The predicted molar refractivity (Wildman–Crippen MR) is 59.1 cm³/mol. The molecule has 0 aromatic rings. The Hall–Kier alpha value is -1.45. The maximum atomic E-state index is 12.9. The molecule has 0 fully saturated rings. The second-order valence-corrected chi connectivity index (χ2v) is 3.39. The van der Waals surface area contributed by atoms with Gasteiger partial charge in [-0.15, -0.1) is 0 Å². The number of esters is 1. The van der Waals surface area contributed by atoms with Crippen LogP contribution in [0.25, 0.3) is 0 Å². The van der Waals surface area contributed by atoms with Crippen LogP contribution in [0.15, 0.2) is 36.0 Å². The zero-order chi connectivity index (χ0) is 12.6. The first-order chi connectivity index (χ1) is 7.43. The van der Waals surface area contributed by atoms with Crippen molar-refractivity contribution < 1.29 is 18.3 Å². The van der Waals surface area contributed by atoms with Crippen LogP contribution in [0.4, 0.5) is 8.78 Å². The fourth-order valence-corrected chi connectivity index (χ4v) is 0.818. The lowest BCUT2D eigenvalue weighted by molar-refractivity contribution is -0.139. The Morgan fingerprint density at radius 3 is 2.44 bits per heavy atom. The molecule has 0 aliphatic rings. The molecule has 0 aliphatic carbocycles. The molecule has 0 spiro atoms. The quantitative estimate of drug-likeness (QED) is 0.301. The number of hydrogen-bond donors (Lipinski definition) is 0. The molecule has 0 rings (SSSR count). The molecule has 90 valence electrons. The monoisotopic (exact) mass is 230 g/mol. The molecule has 0 unspecified atom stereocenters. The Kier molecular flexibility index (Phi) is 7.09. The molecule has 0 aliphatic heterocycles. The van der Waals surface area contributed by atoms with Gasteiger partial charge in [-0.05, 0) is 32.4 Å².